The summed E-state index contributed by atoms with van der Waals surface area (Å²) in [5, 5.41) is 1.79. The molecule has 0 unspecified atom stereocenters. The third-order valence-corrected chi connectivity index (χ3v) is 3.53. The fourth-order valence-electron chi connectivity index (χ4n) is 2.06. The Kier molecular flexibility index (Phi) is 4.12. The molecule has 2 nitrogen and oxygen atoms in total. The molecule has 0 saturated carbocycles. The Morgan fingerprint density at radius 3 is 2.63 bits per heavy atom. The van der Waals surface area contributed by atoms with E-state index in [2.05, 4.69) is 26.8 Å². The number of pyridine rings is 1. The van der Waals surface area contributed by atoms with Crippen LogP contribution < -0.4 is 0 Å². The zero-order valence-electron chi connectivity index (χ0n) is 12.0. The maximum absolute atomic E-state index is 6.40. The maximum atomic E-state index is 6.40. The minimum Gasteiger partial charge on any atom is -0.384 e. The molecule has 0 N–H and O–H groups in total. The second-order valence-corrected chi connectivity index (χ2v) is 6.20. The molecule has 0 saturated heterocycles. The van der Waals surface area contributed by atoms with Gasteiger partial charge >= 0.3 is 0 Å². The van der Waals surface area contributed by atoms with Gasteiger partial charge in [-0.15, -0.1) is 0 Å². The number of rotatable bonds is 3. The Hall–Kier alpha value is -1.12. The molecule has 0 spiro atoms. The van der Waals surface area contributed by atoms with E-state index in [4.69, 9.17) is 21.3 Å². The number of nitrogens with zero attached hydrogens (tertiary/aromatic N) is 1. The van der Waals surface area contributed by atoms with E-state index in [1.807, 2.05) is 18.2 Å². The van der Waals surface area contributed by atoms with Gasteiger partial charge in [0.1, 0.15) is 0 Å². The highest BCUT2D eigenvalue weighted by Crippen LogP contribution is 2.30. The molecule has 0 bridgehead atoms. The van der Waals surface area contributed by atoms with E-state index in [0.29, 0.717) is 6.61 Å². The molecule has 1 heterocycles. The minimum atomic E-state index is -0.00774. The van der Waals surface area contributed by atoms with Gasteiger partial charge < -0.3 is 4.74 Å². The second-order valence-electron chi connectivity index (χ2n) is 5.80. The normalized spacial score (nSPS) is 12.1. The van der Waals surface area contributed by atoms with Gasteiger partial charge in [0.15, 0.2) is 0 Å². The Bertz CT molecular complexity index is 587. The third-order valence-electron chi connectivity index (χ3n) is 3.22. The average molecular weight is 278 g/mol. The van der Waals surface area contributed by atoms with Gasteiger partial charge in [0, 0.05) is 23.6 Å². The minimum absolute atomic E-state index is 0.00774. The van der Waals surface area contributed by atoms with Crippen LogP contribution in [0.15, 0.2) is 24.3 Å². The lowest BCUT2D eigenvalue weighted by molar-refractivity contribution is 0.202. The monoisotopic (exact) mass is 277 g/mol. The Morgan fingerprint density at radius 2 is 2.00 bits per heavy atom. The summed E-state index contributed by atoms with van der Waals surface area (Å²) in [5.74, 6) is 0. The molecular formula is C16H20ClNO. The van der Waals surface area contributed by atoms with Crippen LogP contribution >= 0.6 is 11.6 Å². The molecule has 0 aliphatic carbocycles. The zero-order chi connectivity index (χ0) is 14.0. The zero-order valence-corrected chi connectivity index (χ0v) is 12.7. The van der Waals surface area contributed by atoms with Crippen LogP contribution in [0.5, 0.6) is 0 Å². The molecule has 0 radical (unpaired) electrons. The summed E-state index contributed by atoms with van der Waals surface area (Å²) in [5.41, 5.74) is 3.20. The highest BCUT2D eigenvalue weighted by Gasteiger charge is 2.18. The first-order valence-corrected chi connectivity index (χ1v) is 6.89. The first kappa shape index (κ1) is 14.3. The van der Waals surface area contributed by atoms with Gasteiger partial charge in [-0.1, -0.05) is 50.6 Å². The van der Waals surface area contributed by atoms with E-state index in [9.17, 15) is 0 Å². The number of fused-ring (bicyclic) bond motifs is 1. The highest BCUT2D eigenvalue weighted by atomic mass is 35.5. The van der Waals surface area contributed by atoms with E-state index >= 15 is 0 Å². The summed E-state index contributed by atoms with van der Waals surface area (Å²) >= 11 is 6.40. The van der Waals surface area contributed by atoms with Crippen LogP contribution in [0.3, 0.4) is 0 Å². The van der Waals surface area contributed by atoms with E-state index in [-0.39, 0.29) is 5.41 Å². The standard InChI is InChI=1S/C16H20ClNO/c1-16(2,3)14-10-13(17)12-7-5-6-11(8-9-19-4)15(12)18-14/h5-7,10H,8-9H2,1-4H3. The average Bonchev–Trinajstić information content (AvgIpc) is 2.35. The first-order valence-electron chi connectivity index (χ1n) is 6.51. The molecule has 1 aromatic heterocycles. The molecule has 102 valence electrons. The summed E-state index contributed by atoms with van der Waals surface area (Å²) in [7, 11) is 1.71. The van der Waals surface area contributed by atoms with Gasteiger partial charge in [0.05, 0.1) is 17.1 Å². The van der Waals surface area contributed by atoms with Crippen LogP contribution in [0.25, 0.3) is 10.9 Å². The molecule has 0 aliphatic rings. The van der Waals surface area contributed by atoms with Crippen molar-refractivity contribution >= 4 is 22.5 Å². The molecule has 0 aliphatic heterocycles. The fraction of sp³-hybridized carbons (Fsp3) is 0.438. The van der Waals surface area contributed by atoms with Crippen LogP contribution in [0, 0.1) is 0 Å². The van der Waals surface area contributed by atoms with Gasteiger partial charge in [-0.2, -0.15) is 0 Å². The first-order chi connectivity index (χ1) is 8.93. The molecule has 1 aromatic carbocycles. The number of aromatic nitrogens is 1. The smallest absolute Gasteiger partial charge is 0.0753 e. The number of methoxy groups -OCH3 is 1. The molecule has 0 amide bonds. The summed E-state index contributed by atoms with van der Waals surface area (Å²) in [6.45, 7) is 7.14. The van der Waals surface area contributed by atoms with Crippen LogP contribution in [-0.2, 0) is 16.6 Å². The topological polar surface area (TPSA) is 22.1 Å². The molecular weight excluding hydrogens is 258 g/mol. The molecule has 19 heavy (non-hydrogen) atoms. The van der Waals surface area contributed by atoms with Crippen LogP contribution in [0.1, 0.15) is 32.0 Å². The molecule has 3 heteroatoms. The summed E-state index contributed by atoms with van der Waals surface area (Å²) < 4.78 is 5.16. The van der Waals surface area contributed by atoms with Crippen molar-refractivity contribution in [2.45, 2.75) is 32.6 Å². The van der Waals surface area contributed by atoms with Gasteiger partial charge in [-0.05, 0) is 18.1 Å². The van der Waals surface area contributed by atoms with E-state index in [1.54, 1.807) is 7.11 Å². The lowest BCUT2D eigenvalue weighted by Gasteiger charge is -2.19. The van der Waals surface area contributed by atoms with E-state index in [0.717, 1.165) is 28.0 Å². The SMILES string of the molecule is COCCc1cccc2c(Cl)cc(C(C)(C)C)nc12. The van der Waals surface area contributed by atoms with Gasteiger partial charge in [0.25, 0.3) is 0 Å². The Labute approximate surface area is 119 Å². The van der Waals surface area contributed by atoms with Crippen LogP contribution in [-0.4, -0.2) is 18.7 Å². The largest absolute Gasteiger partial charge is 0.384 e. The van der Waals surface area contributed by atoms with Crippen molar-refractivity contribution < 1.29 is 4.74 Å². The van der Waals surface area contributed by atoms with Crippen molar-refractivity contribution in [2.75, 3.05) is 13.7 Å². The maximum Gasteiger partial charge on any atom is 0.0753 e. The van der Waals surface area contributed by atoms with Gasteiger partial charge in [-0.25, -0.2) is 0 Å². The van der Waals surface area contributed by atoms with Crippen LogP contribution in [0.2, 0.25) is 5.02 Å². The summed E-state index contributed by atoms with van der Waals surface area (Å²) in [6.07, 6.45) is 0.852. The van der Waals surface area contributed by atoms with Crippen molar-refractivity contribution in [3.63, 3.8) is 0 Å². The molecule has 0 atom stereocenters. The number of hydrogen-bond acceptors (Lipinski definition) is 2. The highest BCUT2D eigenvalue weighted by molar-refractivity contribution is 6.35. The van der Waals surface area contributed by atoms with Crippen molar-refractivity contribution in [3.8, 4) is 0 Å². The summed E-state index contributed by atoms with van der Waals surface area (Å²) in [6, 6.07) is 8.12. The Balaban J connectivity index is 2.62. The van der Waals surface area contributed by atoms with E-state index in [1.165, 1.54) is 5.56 Å². The number of halogens is 1. The summed E-state index contributed by atoms with van der Waals surface area (Å²) in [4.78, 5) is 4.82. The quantitative estimate of drug-likeness (QED) is 0.831. The number of hydrogen-bond donors (Lipinski definition) is 0. The van der Waals surface area contributed by atoms with E-state index < -0.39 is 0 Å². The number of benzene rings is 1. The van der Waals surface area contributed by atoms with Gasteiger partial charge in [-0.3, -0.25) is 4.98 Å². The Morgan fingerprint density at radius 1 is 1.26 bits per heavy atom. The number of ether oxygens (including phenoxy) is 1. The fourth-order valence-corrected chi connectivity index (χ4v) is 2.32. The van der Waals surface area contributed by atoms with Crippen molar-refractivity contribution in [1.82, 2.24) is 4.98 Å². The lowest BCUT2D eigenvalue weighted by atomic mass is 9.91. The lowest BCUT2D eigenvalue weighted by Crippen LogP contribution is -2.14. The molecule has 2 rings (SSSR count). The van der Waals surface area contributed by atoms with Crippen LogP contribution in [0.4, 0.5) is 0 Å². The van der Waals surface area contributed by atoms with Gasteiger partial charge in [0.2, 0.25) is 0 Å². The third kappa shape index (κ3) is 3.07. The predicted molar refractivity (Wildman–Crippen MR) is 81.0 cm³/mol. The van der Waals surface area contributed by atoms with Crippen molar-refractivity contribution in [3.05, 3.63) is 40.5 Å². The van der Waals surface area contributed by atoms with Crippen molar-refractivity contribution in [2.24, 2.45) is 0 Å². The molecule has 2 aromatic rings. The number of para-hydroxylation sites is 1. The molecule has 0 fully saturated rings. The van der Waals surface area contributed by atoms with Crippen molar-refractivity contribution in [1.29, 1.82) is 0 Å². The second kappa shape index (κ2) is 5.48. The predicted octanol–water partition coefficient (Wildman–Crippen LogP) is 4.37.